The molecule has 0 fully saturated rings. The Morgan fingerprint density at radius 1 is 1.19 bits per heavy atom. The number of anilines is 1. The number of alkyl halides is 3. The summed E-state index contributed by atoms with van der Waals surface area (Å²) < 4.78 is 44.1. The highest BCUT2D eigenvalue weighted by Crippen LogP contribution is 2.35. The first-order valence-electron chi connectivity index (χ1n) is 7.62. The zero-order chi connectivity index (χ0) is 19.3. The van der Waals surface area contributed by atoms with Crippen molar-refractivity contribution in [3.8, 4) is 5.75 Å². The summed E-state index contributed by atoms with van der Waals surface area (Å²) >= 11 is 0. The van der Waals surface area contributed by atoms with Crippen LogP contribution in [0.3, 0.4) is 0 Å². The Kier molecular flexibility index (Phi) is 5.81. The number of carbonyl (C=O) groups excluding carboxylic acids is 1. The summed E-state index contributed by atoms with van der Waals surface area (Å²) in [5.74, 6) is -0.601. The average molecular weight is 368 g/mol. The van der Waals surface area contributed by atoms with Gasteiger partial charge in [-0.3, -0.25) is 14.9 Å². The Morgan fingerprint density at radius 2 is 1.85 bits per heavy atom. The fourth-order valence-corrected chi connectivity index (χ4v) is 2.07. The normalized spacial score (nSPS) is 11.1. The van der Waals surface area contributed by atoms with Gasteiger partial charge >= 0.3 is 6.18 Å². The Balaban J connectivity index is 2.29. The topological polar surface area (TPSA) is 81.5 Å². The van der Waals surface area contributed by atoms with Crippen LogP contribution < -0.4 is 10.1 Å². The zero-order valence-electron chi connectivity index (χ0n) is 13.7. The van der Waals surface area contributed by atoms with Crippen LogP contribution in [-0.2, 0) is 6.18 Å². The minimum atomic E-state index is -4.57. The first-order valence-corrected chi connectivity index (χ1v) is 7.62. The van der Waals surface area contributed by atoms with Gasteiger partial charge in [0.05, 0.1) is 22.8 Å². The lowest BCUT2D eigenvalue weighted by atomic mass is 10.1. The number of carbonyl (C=O) groups is 1. The van der Waals surface area contributed by atoms with Crippen molar-refractivity contribution in [3.05, 3.63) is 63.7 Å². The van der Waals surface area contributed by atoms with Gasteiger partial charge in [-0.05, 0) is 36.8 Å². The van der Waals surface area contributed by atoms with Gasteiger partial charge in [-0.2, -0.15) is 13.2 Å². The van der Waals surface area contributed by atoms with Gasteiger partial charge in [0.2, 0.25) is 0 Å². The number of nitro benzene ring substituents is 1. The SMILES string of the molecule is CCCOc1ccc(C(F)(F)F)cc1NC(=O)c1ccc([N+](=O)[O-])cc1. The van der Waals surface area contributed by atoms with E-state index in [0.717, 1.165) is 30.3 Å². The van der Waals surface area contributed by atoms with Crippen molar-refractivity contribution in [2.45, 2.75) is 19.5 Å². The predicted molar refractivity (Wildman–Crippen MR) is 88.3 cm³/mol. The molecule has 0 radical (unpaired) electrons. The molecule has 9 heteroatoms. The van der Waals surface area contributed by atoms with E-state index >= 15 is 0 Å². The smallest absolute Gasteiger partial charge is 0.416 e. The standard InChI is InChI=1S/C17H15F3N2O4/c1-2-9-26-15-8-5-12(17(18,19)20)10-14(15)21-16(23)11-3-6-13(7-4-11)22(24)25/h3-8,10H,2,9H2,1H3,(H,21,23). The maximum atomic E-state index is 12.9. The highest BCUT2D eigenvalue weighted by Gasteiger charge is 2.31. The number of nitrogens with one attached hydrogen (secondary N) is 1. The lowest BCUT2D eigenvalue weighted by Crippen LogP contribution is -2.14. The second-order valence-corrected chi connectivity index (χ2v) is 5.32. The predicted octanol–water partition coefficient (Wildman–Crippen LogP) is 4.65. The third-order valence-corrected chi connectivity index (χ3v) is 3.36. The van der Waals surface area contributed by atoms with E-state index in [-0.39, 0.29) is 29.3 Å². The number of halogens is 3. The first kappa shape index (κ1) is 19.2. The summed E-state index contributed by atoms with van der Waals surface area (Å²) in [6.07, 6.45) is -3.94. The van der Waals surface area contributed by atoms with Crippen LogP contribution in [0.2, 0.25) is 0 Å². The van der Waals surface area contributed by atoms with Gasteiger partial charge in [0.25, 0.3) is 11.6 Å². The molecule has 0 heterocycles. The van der Waals surface area contributed by atoms with Crippen LogP contribution in [0, 0.1) is 10.1 Å². The van der Waals surface area contributed by atoms with Gasteiger partial charge in [0.15, 0.2) is 0 Å². The fraction of sp³-hybridized carbons (Fsp3) is 0.235. The highest BCUT2D eigenvalue weighted by atomic mass is 19.4. The molecule has 2 rings (SSSR count). The van der Waals surface area contributed by atoms with Gasteiger partial charge < -0.3 is 10.1 Å². The quantitative estimate of drug-likeness (QED) is 0.594. The molecule has 1 amide bonds. The molecule has 0 aliphatic carbocycles. The van der Waals surface area contributed by atoms with E-state index in [0.29, 0.717) is 6.42 Å². The van der Waals surface area contributed by atoms with Gasteiger partial charge in [-0.15, -0.1) is 0 Å². The summed E-state index contributed by atoms with van der Waals surface area (Å²) in [6, 6.07) is 7.50. The van der Waals surface area contributed by atoms with Crippen molar-refractivity contribution < 1.29 is 27.6 Å². The van der Waals surface area contributed by atoms with Crippen LogP contribution in [0.25, 0.3) is 0 Å². The number of nitrogens with zero attached hydrogens (tertiary/aromatic N) is 1. The largest absolute Gasteiger partial charge is 0.491 e. The van der Waals surface area contributed by atoms with E-state index in [1.54, 1.807) is 0 Å². The average Bonchev–Trinajstić information content (AvgIpc) is 2.59. The van der Waals surface area contributed by atoms with E-state index in [1.165, 1.54) is 12.1 Å². The molecule has 0 aliphatic rings. The molecule has 2 aromatic carbocycles. The summed E-state index contributed by atoms with van der Waals surface area (Å²) in [6.45, 7) is 2.10. The first-order chi connectivity index (χ1) is 12.2. The molecule has 1 N–H and O–H groups in total. The summed E-state index contributed by atoms with van der Waals surface area (Å²) in [7, 11) is 0. The second-order valence-electron chi connectivity index (χ2n) is 5.32. The van der Waals surface area contributed by atoms with Crippen molar-refractivity contribution in [1.29, 1.82) is 0 Å². The number of ether oxygens (including phenoxy) is 1. The van der Waals surface area contributed by atoms with Gasteiger partial charge in [-0.1, -0.05) is 6.92 Å². The highest BCUT2D eigenvalue weighted by molar-refractivity contribution is 6.05. The van der Waals surface area contributed by atoms with Crippen molar-refractivity contribution in [3.63, 3.8) is 0 Å². The number of hydrogen-bond acceptors (Lipinski definition) is 4. The number of hydrogen-bond donors (Lipinski definition) is 1. The summed E-state index contributed by atoms with van der Waals surface area (Å²) in [5, 5.41) is 13.0. The molecule has 138 valence electrons. The molecule has 0 unspecified atom stereocenters. The van der Waals surface area contributed by atoms with E-state index in [4.69, 9.17) is 4.74 Å². The van der Waals surface area contributed by atoms with E-state index in [1.807, 2.05) is 6.92 Å². The number of non-ortho nitro benzene ring substituents is 1. The van der Waals surface area contributed by atoms with Crippen molar-refractivity contribution >= 4 is 17.3 Å². The Labute approximate surface area is 146 Å². The number of benzene rings is 2. The van der Waals surface area contributed by atoms with Crippen LogP contribution in [0.15, 0.2) is 42.5 Å². The third-order valence-electron chi connectivity index (χ3n) is 3.36. The van der Waals surface area contributed by atoms with Gasteiger partial charge in [-0.25, -0.2) is 0 Å². The second kappa shape index (κ2) is 7.85. The molecular weight excluding hydrogens is 353 g/mol. The Hall–Kier alpha value is -3.10. The van der Waals surface area contributed by atoms with Crippen LogP contribution in [0.4, 0.5) is 24.5 Å². The van der Waals surface area contributed by atoms with E-state index in [9.17, 15) is 28.1 Å². The van der Waals surface area contributed by atoms with Crippen molar-refractivity contribution in [2.24, 2.45) is 0 Å². The molecule has 6 nitrogen and oxygen atoms in total. The molecule has 0 saturated carbocycles. The van der Waals surface area contributed by atoms with E-state index < -0.39 is 22.6 Å². The van der Waals surface area contributed by atoms with Crippen LogP contribution in [-0.4, -0.2) is 17.4 Å². The summed E-state index contributed by atoms with van der Waals surface area (Å²) in [5.41, 5.74) is -1.20. The molecule has 0 bridgehead atoms. The Morgan fingerprint density at radius 3 is 2.38 bits per heavy atom. The molecule has 0 atom stereocenters. The number of rotatable bonds is 6. The molecule has 26 heavy (non-hydrogen) atoms. The minimum absolute atomic E-state index is 0.0643. The monoisotopic (exact) mass is 368 g/mol. The zero-order valence-corrected chi connectivity index (χ0v) is 13.7. The molecule has 0 spiro atoms. The minimum Gasteiger partial charge on any atom is -0.491 e. The number of amides is 1. The lowest BCUT2D eigenvalue weighted by molar-refractivity contribution is -0.384. The molecule has 2 aromatic rings. The molecule has 0 saturated heterocycles. The summed E-state index contributed by atoms with van der Waals surface area (Å²) in [4.78, 5) is 22.3. The van der Waals surface area contributed by atoms with Crippen molar-refractivity contribution in [2.75, 3.05) is 11.9 Å². The van der Waals surface area contributed by atoms with Crippen LogP contribution >= 0.6 is 0 Å². The van der Waals surface area contributed by atoms with Crippen LogP contribution in [0.1, 0.15) is 29.3 Å². The molecule has 0 aliphatic heterocycles. The van der Waals surface area contributed by atoms with Crippen LogP contribution in [0.5, 0.6) is 5.75 Å². The fourth-order valence-electron chi connectivity index (χ4n) is 2.07. The van der Waals surface area contributed by atoms with Crippen molar-refractivity contribution in [1.82, 2.24) is 0 Å². The lowest BCUT2D eigenvalue weighted by Gasteiger charge is -2.15. The molecule has 0 aromatic heterocycles. The Bertz CT molecular complexity index is 805. The maximum Gasteiger partial charge on any atom is 0.416 e. The molecular formula is C17H15F3N2O4. The number of nitro groups is 1. The third kappa shape index (κ3) is 4.71. The van der Waals surface area contributed by atoms with Gasteiger partial charge in [0.1, 0.15) is 5.75 Å². The van der Waals surface area contributed by atoms with E-state index in [2.05, 4.69) is 5.32 Å². The van der Waals surface area contributed by atoms with Gasteiger partial charge in [0, 0.05) is 17.7 Å². The maximum absolute atomic E-state index is 12.9.